The lowest BCUT2D eigenvalue weighted by atomic mass is 10.0. The lowest BCUT2D eigenvalue weighted by Gasteiger charge is -2.18. The molecule has 4 heteroatoms. The van der Waals surface area contributed by atoms with Crippen molar-refractivity contribution in [3.05, 3.63) is 29.6 Å². The normalized spacial score (nSPS) is 22.2. The minimum Gasteiger partial charge on any atom is -0.328 e. The number of aryl methyl sites for hydroxylation is 1. The van der Waals surface area contributed by atoms with E-state index >= 15 is 0 Å². The fourth-order valence-electron chi connectivity index (χ4n) is 2.33. The van der Waals surface area contributed by atoms with E-state index in [4.69, 9.17) is 5.73 Å². The highest BCUT2D eigenvalue weighted by Gasteiger charge is 2.25. The molecule has 2 rings (SSSR count). The molecule has 1 aliphatic heterocycles. The Morgan fingerprint density at radius 2 is 2.35 bits per heavy atom. The van der Waals surface area contributed by atoms with Gasteiger partial charge in [-0.2, -0.15) is 0 Å². The number of hydrogen-bond acceptors (Lipinski definition) is 3. The van der Waals surface area contributed by atoms with Crippen molar-refractivity contribution in [1.29, 1.82) is 0 Å². The molecule has 0 aromatic carbocycles. The van der Waals surface area contributed by atoms with Crippen LogP contribution < -0.4 is 5.73 Å². The van der Waals surface area contributed by atoms with Gasteiger partial charge in [-0.15, -0.1) is 12.4 Å². The second-order valence-electron chi connectivity index (χ2n) is 4.91. The summed E-state index contributed by atoms with van der Waals surface area (Å²) in [6.45, 7) is 7.48. The summed E-state index contributed by atoms with van der Waals surface area (Å²) in [6, 6.07) is 4.43. The summed E-state index contributed by atoms with van der Waals surface area (Å²) in [5.74, 6) is 0.656. The fourth-order valence-corrected chi connectivity index (χ4v) is 2.33. The molecule has 0 spiro atoms. The Bertz CT molecular complexity index is 354. The molecule has 17 heavy (non-hydrogen) atoms. The summed E-state index contributed by atoms with van der Waals surface area (Å²) < 4.78 is 0. The van der Waals surface area contributed by atoms with Gasteiger partial charge in [-0.1, -0.05) is 6.07 Å². The van der Waals surface area contributed by atoms with Crippen LogP contribution in [0.2, 0.25) is 0 Å². The second kappa shape index (κ2) is 6.34. The van der Waals surface area contributed by atoms with E-state index < -0.39 is 0 Å². The van der Waals surface area contributed by atoms with E-state index in [1.165, 1.54) is 17.7 Å². The highest BCUT2D eigenvalue weighted by Crippen LogP contribution is 2.20. The van der Waals surface area contributed by atoms with E-state index in [0.717, 1.165) is 19.6 Å². The number of rotatable bonds is 3. The molecular formula is C13H22ClN3. The molecule has 1 fully saturated rings. The van der Waals surface area contributed by atoms with Crippen LogP contribution in [0.1, 0.15) is 24.6 Å². The summed E-state index contributed by atoms with van der Waals surface area (Å²) in [6.07, 6.45) is 3.10. The van der Waals surface area contributed by atoms with Crippen molar-refractivity contribution in [1.82, 2.24) is 9.88 Å². The van der Waals surface area contributed by atoms with E-state index in [-0.39, 0.29) is 12.4 Å². The molecule has 1 aliphatic rings. The predicted octanol–water partition coefficient (Wildman–Crippen LogP) is 1.98. The third kappa shape index (κ3) is 3.66. The quantitative estimate of drug-likeness (QED) is 0.898. The van der Waals surface area contributed by atoms with Gasteiger partial charge in [-0.3, -0.25) is 9.88 Å². The first-order valence-electron chi connectivity index (χ1n) is 6.05. The van der Waals surface area contributed by atoms with Crippen LogP contribution in [0.4, 0.5) is 0 Å². The monoisotopic (exact) mass is 255 g/mol. The molecule has 3 nitrogen and oxygen atoms in total. The van der Waals surface area contributed by atoms with Crippen LogP contribution in [0.15, 0.2) is 18.3 Å². The fraction of sp³-hybridized carbons (Fsp3) is 0.615. The van der Waals surface area contributed by atoms with E-state index in [2.05, 4.69) is 29.8 Å². The van der Waals surface area contributed by atoms with Crippen molar-refractivity contribution in [2.75, 3.05) is 13.1 Å². The number of likely N-dealkylation sites (tertiary alicyclic amines) is 1. The molecule has 0 bridgehead atoms. The highest BCUT2D eigenvalue weighted by molar-refractivity contribution is 5.85. The standard InChI is InChI=1S/C13H21N3.ClH/c1-10-4-3-6-15-13(10)9-16-7-5-12(8-16)11(2)14;/h3-4,6,11-12H,5,7-9,14H2,1-2H3;1H. The van der Waals surface area contributed by atoms with Crippen molar-refractivity contribution in [2.24, 2.45) is 11.7 Å². The maximum atomic E-state index is 5.94. The number of pyridine rings is 1. The Morgan fingerprint density at radius 1 is 1.59 bits per heavy atom. The molecule has 1 aromatic rings. The Balaban J connectivity index is 0.00000144. The summed E-state index contributed by atoms with van der Waals surface area (Å²) >= 11 is 0. The molecule has 2 heterocycles. The van der Waals surface area contributed by atoms with Crippen LogP contribution in [0, 0.1) is 12.8 Å². The molecule has 0 aliphatic carbocycles. The van der Waals surface area contributed by atoms with Gasteiger partial charge in [0.1, 0.15) is 0 Å². The maximum absolute atomic E-state index is 5.94. The van der Waals surface area contributed by atoms with Crippen molar-refractivity contribution in [3.8, 4) is 0 Å². The lowest BCUT2D eigenvalue weighted by Crippen LogP contribution is -2.29. The number of aromatic nitrogens is 1. The maximum Gasteiger partial charge on any atom is 0.0573 e. The number of halogens is 1. The van der Waals surface area contributed by atoms with Gasteiger partial charge < -0.3 is 5.73 Å². The van der Waals surface area contributed by atoms with Crippen LogP contribution in [-0.2, 0) is 6.54 Å². The molecule has 0 radical (unpaired) electrons. The topological polar surface area (TPSA) is 42.2 Å². The second-order valence-corrected chi connectivity index (χ2v) is 4.91. The summed E-state index contributed by atoms with van der Waals surface area (Å²) in [4.78, 5) is 6.90. The van der Waals surface area contributed by atoms with E-state index in [9.17, 15) is 0 Å². The zero-order valence-electron chi connectivity index (χ0n) is 10.6. The predicted molar refractivity (Wildman–Crippen MR) is 73.3 cm³/mol. The van der Waals surface area contributed by atoms with E-state index in [0.29, 0.717) is 12.0 Å². The van der Waals surface area contributed by atoms with Gasteiger partial charge in [-0.25, -0.2) is 0 Å². The first-order valence-corrected chi connectivity index (χ1v) is 6.05. The van der Waals surface area contributed by atoms with Gasteiger partial charge in [0.2, 0.25) is 0 Å². The smallest absolute Gasteiger partial charge is 0.0573 e. The Kier molecular flexibility index (Phi) is 5.37. The molecule has 1 aromatic heterocycles. The Labute approximate surface area is 110 Å². The minimum absolute atomic E-state index is 0. The Morgan fingerprint density at radius 3 is 2.94 bits per heavy atom. The van der Waals surface area contributed by atoms with Gasteiger partial charge in [0, 0.05) is 25.3 Å². The third-order valence-electron chi connectivity index (χ3n) is 3.54. The van der Waals surface area contributed by atoms with Gasteiger partial charge in [-0.05, 0) is 44.4 Å². The number of nitrogens with two attached hydrogens (primary N) is 1. The summed E-state index contributed by atoms with van der Waals surface area (Å²) in [5.41, 5.74) is 8.43. The number of hydrogen-bond donors (Lipinski definition) is 1. The van der Waals surface area contributed by atoms with Gasteiger partial charge >= 0.3 is 0 Å². The summed E-state index contributed by atoms with van der Waals surface area (Å²) in [7, 11) is 0. The van der Waals surface area contributed by atoms with Crippen molar-refractivity contribution < 1.29 is 0 Å². The first-order chi connectivity index (χ1) is 7.66. The largest absolute Gasteiger partial charge is 0.328 e. The SMILES string of the molecule is Cc1cccnc1CN1CCC(C(C)N)C1.Cl. The minimum atomic E-state index is 0. The van der Waals surface area contributed by atoms with Crippen LogP contribution in [0.5, 0.6) is 0 Å². The molecule has 0 amide bonds. The van der Waals surface area contributed by atoms with Crippen LogP contribution in [0.25, 0.3) is 0 Å². The van der Waals surface area contributed by atoms with Crippen LogP contribution >= 0.6 is 12.4 Å². The van der Waals surface area contributed by atoms with Crippen LogP contribution in [0.3, 0.4) is 0 Å². The molecule has 0 saturated carbocycles. The first kappa shape index (κ1) is 14.4. The van der Waals surface area contributed by atoms with Gasteiger partial charge in [0.05, 0.1) is 5.69 Å². The lowest BCUT2D eigenvalue weighted by molar-refractivity contribution is 0.304. The van der Waals surface area contributed by atoms with Crippen molar-refractivity contribution in [2.45, 2.75) is 32.9 Å². The Hall–Kier alpha value is -0.640. The molecule has 2 atom stereocenters. The van der Waals surface area contributed by atoms with Crippen molar-refractivity contribution in [3.63, 3.8) is 0 Å². The highest BCUT2D eigenvalue weighted by atomic mass is 35.5. The molecule has 2 unspecified atom stereocenters. The van der Waals surface area contributed by atoms with E-state index in [1.807, 2.05) is 12.3 Å². The molecule has 2 N–H and O–H groups in total. The van der Waals surface area contributed by atoms with Crippen molar-refractivity contribution >= 4 is 12.4 Å². The van der Waals surface area contributed by atoms with Gasteiger partial charge in [0.25, 0.3) is 0 Å². The van der Waals surface area contributed by atoms with Gasteiger partial charge in [0.15, 0.2) is 0 Å². The molecule has 1 saturated heterocycles. The third-order valence-corrected chi connectivity index (χ3v) is 3.54. The zero-order chi connectivity index (χ0) is 11.5. The number of nitrogens with zero attached hydrogens (tertiary/aromatic N) is 2. The molecule has 96 valence electrons. The molecular weight excluding hydrogens is 234 g/mol. The average molecular weight is 256 g/mol. The van der Waals surface area contributed by atoms with E-state index in [1.54, 1.807) is 0 Å². The average Bonchev–Trinajstić information content (AvgIpc) is 2.70. The summed E-state index contributed by atoms with van der Waals surface area (Å²) in [5, 5.41) is 0. The zero-order valence-corrected chi connectivity index (χ0v) is 11.4. The van der Waals surface area contributed by atoms with Crippen LogP contribution in [-0.4, -0.2) is 29.0 Å².